The minimum absolute atomic E-state index is 0.0364. The van der Waals surface area contributed by atoms with Gasteiger partial charge >= 0.3 is 6.18 Å². The van der Waals surface area contributed by atoms with Gasteiger partial charge in [-0.1, -0.05) is 23.4 Å². The number of alkyl halides is 3. The summed E-state index contributed by atoms with van der Waals surface area (Å²) in [5, 5.41) is 6.38. The summed E-state index contributed by atoms with van der Waals surface area (Å²) in [4.78, 5) is 29.2. The Kier molecular flexibility index (Phi) is 6.30. The van der Waals surface area contributed by atoms with Crippen LogP contribution in [-0.2, 0) is 10.4 Å². The molecule has 0 fully saturated rings. The Morgan fingerprint density at radius 1 is 1.00 bits per heavy atom. The van der Waals surface area contributed by atoms with Crippen LogP contribution in [0.2, 0.25) is 0 Å². The molecule has 10 heteroatoms. The van der Waals surface area contributed by atoms with Gasteiger partial charge in [-0.3, -0.25) is 9.59 Å². The highest BCUT2D eigenvalue weighted by Gasteiger charge is 2.62. The van der Waals surface area contributed by atoms with Gasteiger partial charge < -0.3 is 15.9 Å². The van der Waals surface area contributed by atoms with Crippen molar-refractivity contribution in [2.75, 3.05) is 5.32 Å². The van der Waals surface area contributed by atoms with Crippen LogP contribution >= 0.6 is 0 Å². The average molecular weight is 499 g/mol. The van der Waals surface area contributed by atoms with Crippen LogP contribution in [0.3, 0.4) is 0 Å². The van der Waals surface area contributed by atoms with Crippen LogP contribution in [0.1, 0.15) is 49.4 Å². The summed E-state index contributed by atoms with van der Waals surface area (Å²) in [6, 6.07) is 13.3. The lowest BCUT2D eigenvalue weighted by Crippen LogP contribution is -2.42. The Bertz CT molecular complexity index is 1360. The van der Waals surface area contributed by atoms with Crippen LogP contribution in [0.5, 0.6) is 0 Å². The third-order valence-electron chi connectivity index (χ3n) is 6.01. The van der Waals surface area contributed by atoms with Crippen LogP contribution < -0.4 is 11.1 Å². The second kappa shape index (κ2) is 9.10. The number of halogens is 4. The maximum atomic E-state index is 14.4. The fourth-order valence-electron chi connectivity index (χ4n) is 4.09. The first-order valence-electron chi connectivity index (χ1n) is 10.8. The van der Waals surface area contributed by atoms with E-state index in [0.717, 1.165) is 12.1 Å². The second-order valence-corrected chi connectivity index (χ2v) is 8.52. The van der Waals surface area contributed by atoms with Crippen molar-refractivity contribution >= 4 is 23.2 Å². The van der Waals surface area contributed by atoms with Gasteiger partial charge in [0.2, 0.25) is 5.91 Å². The number of amides is 2. The van der Waals surface area contributed by atoms with E-state index in [-0.39, 0.29) is 22.4 Å². The molecular formula is C26H21F4N3O3. The van der Waals surface area contributed by atoms with Gasteiger partial charge in [0.15, 0.2) is 0 Å². The third kappa shape index (κ3) is 4.53. The molecule has 3 aromatic rings. The molecule has 0 aliphatic carbocycles. The number of benzene rings is 3. The molecule has 0 aromatic heterocycles. The molecule has 1 aliphatic heterocycles. The number of aryl methyl sites for hydroxylation is 2. The van der Waals surface area contributed by atoms with Gasteiger partial charge in [0.25, 0.3) is 11.5 Å². The van der Waals surface area contributed by atoms with E-state index in [1.54, 1.807) is 13.8 Å². The SMILES string of the molecule is Cc1cc(C2(C(F)(F)F)CC(c3ccc(F)cc3)=NO2)cc(C)c1NC(=O)c1cccc(C(N)=O)c1. The fraction of sp³-hybridized carbons (Fsp3) is 0.192. The van der Waals surface area contributed by atoms with E-state index in [9.17, 15) is 27.2 Å². The van der Waals surface area contributed by atoms with Gasteiger partial charge in [-0.05, 0) is 73.0 Å². The smallest absolute Gasteiger partial charge is 0.374 e. The van der Waals surface area contributed by atoms with E-state index in [2.05, 4.69) is 10.5 Å². The lowest BCUT2D eigenvalue weighted by atomic mass is 9.84. The first kappa shape index (κ1) is 24.9. The highest BCUT2D eigenvalue weighted by Crippen LogP contribution is 2.49. The normalized spacial score (nSPS) is 17.3. The molecule has 0 saturated heterocycles. The van der Waals surface area contributed by atoms with Crippen molar-refractivity contribution in [2.24, 2.45) is 10.9 Å². The van der Waals surface area contributed by atoms with Crippen molar-refractivity contribution in [2.45, 2.75) is 32.0 Å². The first-order chi connectivity index (χ1) is 16.9. The van der Waals surface area contributed by atoms with Crippen LogP contribution in [-0.4, -0.2) is 23.7 Å². The number of nitrogens with two attached hydrogens (primary N) is 1. The Balaban J connectivity index is 1.65. The first-order valence-corrected chi connectivity index (χ1v) is 10.8. The topological polar surface area (TPSA) is 93.8 Å². The van der Waals surface area contributed by atoms with Gasteiger partial charge in [0.1, 0.15) is 5.82 Å². The Morgan fingerprint density at radius 2 is 1.61 bits per heavy atom. The molecule has 1 aliphatic rings. The number of rotatable bonds is 5. The summed E-state index contributed by atoms with van der Waals surface area (Å²) in [5.74, 6) is -1.77. The van der Waals surface area contributed by atoms with E-state index in [1.807, 2.05) is 0 Å². The summed E-state index contributed by atoms with van der Waals surface area (Å²) in [5.41, 5.74) is 4.06. The van der Waals surface area contributed by atoms with E-state index < -0.39 is 35.8 Å². The highest BCUT2D eigenvalue weighted by atomic mass is 19.4. The highest BCUT2D eigenvalue weighted by molar-refractivity contribution is 6.06. The molecule has 2 amide bonds. The van der Waals surface area contributed by atoms with Crippen molar-refractivity contribution in [1.29, 1.82) is 0 Å². The predicted molar refractivity (Wildman–Crippen MR) is 125 cm³/mol. The number of carbonyl (C=O) groups is 2. The molecule has 36 heavy (non-hydrogen) atoms. The predicted octanol–water partition coefficient (Wildman–Crippen LogP) is 5.38. The number of anilines is 1. The molecule has 1 atom stereocenters. The van der Waals surface area contributed by atoms with Crippen LogP contribution in [0.4, 0.5) is 23.2 Å². The standard InChI is InChI=1S/C26H21F4N3O3/c1-14-10-19(11-15(2)22(14)32-24(35)18-5-3-4-17(12-18)23(31)34)25(26(28,29)30)13-21(33-36-25)16-6-8-20(27)9-7-16/h3-12H,13H2,1-2H3,(H2,31,34)(H,32,35). The molecule has 4 rings (SSSR count). The second-order valence-electron chi connectivity index (χ2n) is 8.52. The van der Waals surface area contributed by atoms with Crippen LogP contribution in [0.15, 0.2) is 65.8 Å². The molecule has 3 N–H and O–H groups in total. The number of nitrogens with one attached hydrogen (secondary N) is 1. The van der Waals surface area contributed by atoms with Crippen molar-refractivity contribution in [3.63, 3.8) is 0 Å². The van der Waals surface area contributed by atoms with Crippen LogP contribution in [0.25, 0.3) is 0 Å². The maximum Gasteiger partial charge on any atom is 0.435 e. The Hall–Kier alpha value is -4.21. The summed E-state index contributed by atoms with van der Waals surface area (Å²) in [7, 11) is 0. The van der Waals surface area contributed by atoms with E-state index in [1.165, 1.54) is 48.5 Å². The minimum atomic E-state index is -4.82. The van der Waals surface area contributed by atoms with Gasteiger partial charge in [-0.25, -0.2) is 4.39 Å². The molecule has 0 spiro atoms. The fourth-order valence-corrected chi connectivity index (χ4v) is 4.09. The molecule has 186 valence electrons. The summed E-state index contributed by atoms with van der Waals surface area (Å²) >= 11 is 0. The number of hydrogen-bond acceptors (Lipinski definition) is 4. The number of carbonyl (C=O) groups excluding carboxylic acids is 2. The van der Waals surface area contributed by atoms with Gasteiger partial charge in [-0.2, -0.15) is 13.2 Å². The van der Waals surface area contributed by atoms with Gasteiger partial charge in [0.05, 0.1) is 5.71 Å². The number of oxime groups is 1. The molecule has 0 bridgehead atoms. The zero-order chi connectivity index (χ0) is 26.3. The number of hydrogen-bond donors (Lipinski definition) is 2. The molecule has 3 aromatic carbocycles. The Labute approximate surface area is 203 Å². The number of nitrogens with zero attached hydrogens (tertiary/aromatic N) is 1. The third-order valence-corrected chi connectivity index (χ3v) is 6.01. The molecule has 1 heterocycles. The number of primary amides is 1. The summed E-state index contributed by atoms with van der Waals surface area (Å²) in [6.45, 7) is 3.12. The zero-order valence-corrected chi connectivity index (χ0v) is 19.2. The monoisotopic (exact) mass is 499 g/mol. The molecule has 1 unspecified atom stereocenters. The summed E-state index contributed by atoms with van der Waals surface area (Å²) in [6.07, 6.45) is -5.43. The maximum absolute atomic E-state index is 14.4. The van der Waals surface area contributed by atoms with Crippen molar-refractivity contribution in [3.8, 4) is 0 Å². The van der Waals surface area contributed by atoms with E-state index in [0.29, 0.717) is 22.4 Å². The van der Waals surface area contributed by atoms with E-state index >= 15 is 0 Å². The molecular weight excluding hydrogens is 478 g/mol. The lowest BCUT2D eigenvalue weighted by molar-refractivity contribution is -0.275. The minimum Gasteiger partial charge on any atom is -0.374 e. The van der Waals surface area contributed by atoms with Crippen LogP contribution in [0, 0.1) is 19.7 Å². The lowest BCUT2D eigenvalue weighted by Gasteiger charge is -2.30. The van der Waals surface area contributed by atoms with Crippen molar-refractivity contribution < 1.29 is 32.0 Å². The van der Waals surface area contributed by atoms with Crippen molar-refractivity contribution in [3.05, 3.63) is 99.9 Å². The van der Waals surface area contributed by atoms with Crippen molar-refractivity contribution in [1.82, 2.24) is 0 Å². The largest absolute Gasteiger partial charge is 0.435 e. The van der Waals surface area contributed by atoms with Gasteiger partial charge in [-0.15, -0.1) is 0 Å². The average Bonchev–Trinajstić information content (AvgIpc) is 3.29. The quantitative estimate of drug-likeness (QED) is 0.462. The zero-order valence-electron chi connectivity index (χ0n) is 19.2. The molecule has 0 saturated carbocycles. The van der Waals surface area contributed by atoms with Gasteiger partial charge in [0, 0.05) is 28.8 Å². The molecule has 6 nitrogen and oxygen atoms in total. The summed E-state index contributed by atoms with van der Waals surface area (Å²) < 4.78 is 56.4. The Morgan fingerprint density at radius 3 is 2.19 bits per heavy atom. The molecule has 0 radical (unpaired) electrons. The van der Waals surface area contributed by atoms with E-state index in [4.69, 9.17) is 10.6 Å².